The van der Waals surface area contributed by atoms with Crippen LogP contribution in [0.3, 0.4) is 0 Å². The van der Waals surface area contributed by atoms with Crippen LogP contribution in [-0.2, 0) is 4.79 Å². The number of urea groups is 1. The van der Waals surface area contributed by atoms with Crippen molar-refractivity contribution in [3.05, 3.63) is 77.2 Å². The van der Waals surface area contributed by atoms with Crippen LogP contribution in [0.15, 0.2) is 65.9 Å². The van der Waals surface area contributed by atoms with Crippen molar-refractivity contribution in [2.75, 3.05) is 5.32 Å². The van der Waals surface area contributed by atoms with Gasteiger partial charge in [-0.3, -0.25) is 4.79 Å². The Morgan fingerprint density at radius 1 is 1.08 bits per heavy atom. The summed E-state index contributed by atoms with van der Waals surface area (Å²) in [5.41, 5.74) is 2.12. The van der Waals surface area contributed by atoms with Crippen LogP contribution in [-0.4, -0.2) is 11.9 Å². The largest absolute Gasteiger partial charge is 0.327 e. The van der Waals surface area contributed by atoms with Crippen LogP contribution < -0.4 is 16.0 Å². The molecule has 0 radical (unpaired) electrons. The molecule has 24 heavy (non-hydrogen) atoms. The average molecular weight is 325 g/mol. The summed E-state index contributed by atoms with van der Waals surface area (Å²) in [4.78, 5) is 24.5. The number of amides is 3. The minimum atomic E-state index is -0.650. The average Bonchev–Trinajstić information content (AvgIpc) is 2.55. The van der Waals surface area contributed by atoms with Gasteiger partial charge in [0.05, 0.1) is 11.6 Å². The molecule has 0 fully saturated rings. The smallest absolute Gasteiger partial charge is 0.319 e. The first kappa shape index (κ1) is 15.7. The normalized spacial score (nSPS) is 17.1. The van der Waals surface area contributed by atoms with E-state index >= 15 is 0 Å². The van der Waals surface area contributed by atoms with Gasteiger partial charge >= 0.3 is 6.03 Å². The molecule has 3 N–H and O–H groups in total. The summed E-state index contributed by atoms with van der Waals surface area (Å²) >= 11 is 0. The number of hydrogen-bond donors (Lipinski definition) is 3. The summed E-state index contributed by atoms with van der Waals surface area (Å²) in [5, 5.41) is 8.12. The molecular weight excluding hydrogens is 309 g/mol. The van der Waals surface area contributed by atoms with Crippen LogP contribution in [0.4, 0.5) is 14.9 Å². The maximum absolute atomic E-state index is 13.2. The molecule has 1 atom stereocenters. The molecule has 1 heterocycles. The van der Waals surface area contributed by atoms with Gasteiger partial charge in [-0.1, -0.05) is 30.3 Å². The van der Waals surface area contributed by atoms with Gasteiger partial charge in [0.1, 0.15) is 5.82 Å². The van der Waals surface area contributed by atoms with Crippen molar-refractivity contribution < 1.29 is 14.0 Å². The van der Waals surface area contributed by atoms with E-state index in [4.69, 9.17) is 0 Å². The third-order valence-corrected chi connectivity index (χ3v) is 3.75. The van der Waals surface area contributed by atoms with Crippen molar-refractivity contribution in [3.63, 3.8) is 0 Å². The second kappa shape index (κ2) is 6.54. The Bertz CT molecular complexity index is 801. The highest BCUT2D eigenvalue weighted by Gasteiger charge is 2.31. The first-order chi connectivity index (χ1) is 11.5. The zero-order valence-corrected chi connectivity index (χ0v) is 13.0. The minimum absolute atomic E-state index is 0.333. The predicted octanol–water partition coefficient (Wildman–Crippen LogP) is 3.09. The van der Waals surface area contributed by atoms with Gasteiger partial charge < -0.3 is 16.0 Å². The van der Waals surface area contributed by atoms with Crippen molar-refractivity contribution in [3.8, 4) is 0 Å². The lowest BCUT2D eigenvalue weighted by Crippen LogP contribution is -2.45. The zero-order valence-electron chi connectivity index (χ0n) is 13.0. The molecule has 5 nitrogen and oxygen atoms in total. The Balaban J connectivity index is 1.94. The maximum Gasteiger partial charge on any atom is 0.319 e. The second-order valence-electron chi connectivity index (χ2n) is 5.44. The molecule has 1 aliphatic rings. The van der Waals surface area contributed by atoms with Crippen LogP contribution in [0.25, 0.3) is 0 Å². The highest BCUT2D eigenvalue weighted by Crippen LogP contribution is 2.27. The summed E-state index contributed by atoms with van der Waals surface area (Å²) in [6, 6.07) is 13.7. The Morgan fingerprint density at radius 2 is 1.75 bits per heavy atom. The Hall–Kier alpha value is -3.15. The fourth-order valence-corrected chi connectivity index (χ4v) is 2.62. The summed E-state index contributed by atoms with van der Waals surface area (Å²) in [6.07, 6.45) is 0. The van der Waals surface area contributed by atoms with E-state index in [1.165, 1.54) is 12.1 Å². The van der Waals surface area contributed by atoms with Gasteiger partial charge in [-0.15, -0.1) is 0 Å². The maximum atomic E-state index is 13.2. The molecule has 0 saturated heterocycles. The van der Waals surface area contributed by atoms with Crippen LogP contribution in [0.5, 0.6) is 0 Å². The van der Waals surface area contributed by atoms with Crippen LogP contribution >= 0.6 is 0 Å². The minimum Gasteiger partial charge on any atom is -0.327 e. The first-order valence-electron chi connectivity index (χ1n) is 7.45. The zero-order chi connectivity index (χ0) is 17.1. The summed E-state index contributed by atoms with van der Waals surface area (Å²) in [5.74, 6) is -0.712. The van der Waals surface area contributed by atoms with Crippen molar-refractivity contribution in [1.29, 1.82) is 0 Å². The Morgan fingerprint density at radius 3 is 2.42 bits per heavy atom. The van der Waals surface area contributed by atoms with Gasteiger partial charge in [-0.2, -0.15) is 0 Å². The molecule has 0 bridgehead atoms. The van der Waals surface area contributed by atoms with Crippen molar-refractivity contribution in [1.82, 2.24) is 10.6 Å². The first-order valence-corrected chi connectivity index (χ1v) is 7.45. The van der Waals surface area contributed by atoms with E-state index in [1.54, 1.807) is 31.2 Å². The summed E-state index contributed by atoms with van der Waals surface area (Å²) < 4.78 is 13.2. The fraction of sp³-hybridized carbons (Fsp3) is 0.111. The van der Waals surface area contributed by atoms with Gasteiger partial charge in [0.2, 0.25) is 0 Å². The van der Waals surface area contributed by atoms with Crippen molar-refractivity contribution in [2.45, 2.75) is 13.0 Å². The third-order valence-electron chi connectivity index (χ3n) is 3.75. The number of para-hydroxylation sites is 1. The molecule has 1 unspecified atom stereocenters. The molecule has 2 aromatic carbocycles. The fourth-order valence-electron chi connectivity index (χ4n) is 2.62. The van der Waals surface area contributed by atoms with Gasteiger partial charge in [-0.05, 0) is 36.8 Å². The molecular formula is C18H16FN3O2. The number of halogens is 1. The summed E-state index contributed by atoms with van der Waals surface area (Å²) in [7, 11) is 0. The Labute approximate surface area is 138 Å². The van der Waals surface area contributed by atoms with Crippen molar-refractivity contribution >= 4 is 17.6 Å². The lowest BCUT2D eigenvalue weighted by molar-refractivity contribution is -0.113. The van der Waals surface area contributed by atoms with E-state index in [0.717, 1.165) is 0 Å². The van der Waals surface area contributed by atoms with E-state index in [-0.39, 0.29) is 11.7 Å². The second-order valence-corrected chi connectivity index (χ2v) is 5.44. The van der Waals surface area contributed by atoms with Crippen LogP contribution in [0.2, 0.25) is 0 Å². The monoisotopic (exact) mass is 325 g/mol. The molecule has 3 amide bonds. The van der Waals surface area contributed by atoms with E-state index in [0.29, 0.717) is 22.5 Å². The van der Waals surface area contributed by atoms with Crippen LogP contribution in [0.1, 0.15) is 18.5 Å². The number of nitrogens with one attached hydrogen (secondary N) is 3. The number of allylic oxidation sites excluding steroid dienone is 1. The van der Waals surface area contributed by atoms with Gasteiger partial charge in [0.25, 0.3) is 5.91 Å². The van der Waals surface area contributed by atoms with E-state index < -0.39 is 12.1 Å². The van der Waals surface area contributed by atoms with E-state index in [1.807, 2.05) is 18.2 Å². The quantitative estimate of drug-likeness (QED) is 0.811. The topological polar surface area (TPSA) is 70.2 Å². The molecule has 6 heteroatoms. The molecule has 1 aliphatic heterocycles. The lowest BCUT2D eigenvalue weighted by atomic mass is 9.95. The molecule has 3 rings (SSSR count). The predicted molar refractivity (Wildman–Crippen MR) is 88.6 cm³/mol. The van der Waals surface area contributed by atoms with Gasteiger partial charge in [-0.25, -0.2) is 9.18 Å². The number of anilines is 1. The Kier molecular flexibility index (Phi) is 4.29. The molecule has 122 valence electrons. The summed E-state index contributed by atoms with van der Waals surface area (Å²) in [6.45, 7) is 1.66. The number of benzene rings is 2. The molecule has 0 spiro atoms. The molecule has 0 aliphatic carbocycles. The number of carbonyl (C=O) groups excluding carboxylic acids is 2. The van der Waals surface area contributed by atoms with E-state index in [2.05, 4.69) is 16.0 Å². The molecule has 2 aromatic rings. The number of carbonyl (C=O) groups is 2. The standard InChI is InChI=1S/C18H16FN3O2/c1-11-15(17(23)21-14-5-3-2-4-6-14)16(22-18(24)20-11)12-7-9-13(19)10-8-12/h2-10,16H,1H3,(H,21,23)(H2,20,22,24). The third kappa shape index (κ3) is 3.27. The SMILES string of the molecule is CC1=C(C(=O)Nc2ccccc2)C(c2ccc(F)cc2)NC(=O)N1. The highest BCUT2D eigenvalue weighted by molar-refractivity contribution is 6.06. The van der Waals surface area contributed by atoms with Gasteiger partial charge in [0.15, 0.2) is 0 Å². The molecule has 0 saturated carbocycles. The van der Waals surface area contributed by atoms with Gasteiger partial charge in [0, 0.05) is 11.4 Å². The lowest BCUT2D eigenvalue weighted by Gasteiger charge is -2.28. The molecule has 0 aromatic heterocycles. The van der Waals surface area contributed by atoms with Crippen molar-refractivity contribution in [2.24, 2.45) is 0 Å². The number of hydrogen-bond acceptors (Lipinski definition) is 2. The van der Waals surface area contributed by atoms with Crippen LogP contribution in [0, 0.1) is 5.82 Å². The van der Waals surface area contributed by atoms with E-state index in [9.17, 15) is 14.0 Å². The number of rotatable bonds is 3. The highest BCUT2D eigenvalue weighted by atomic mass is 19.1.